The SMILES string of the molecule is N#Cc1ccccc1OCC(=O)NCCNC(N)=O. The minimum Gasteiger partial charge on any atom is -0.482 e. The number of nitrogens with two attached hydrogens (primary N) is 1. The molecule has 0 unspecified atom stereocenters. The van der Waals surface area contributed by atoms with Gasteiger partial charge in [-0.15, -0.1) is 0 Å². The van der Waals surface area contributed by atoms with Gasteiger partial charge >= 0.3 is 6.03 Å². The van der Waals surface area contributed by atoms with Crippen molar-refractivity contribution in [2.24, 2.45) is 5.73 Å². The summed E-state index contributed by atoms with van der Waals surface area (Å²) in [6, 6.07) is 7.96. The van der Waals surface area contributed by atoms with Crippen molar-refractivity contribution in [2.75, 3.05) is 19.7 Å². The number of primary amides is 1. The molecule has 0 heterocycles. The van der Waals surface area contributed by atoms with E-state index in [0.717, 1.165) is 0 Å². The Bertz CT molecular complexity index is 496. The van der Waals surface area contributed by atoms with Crippen LogP contribution in [0.15, 0.2) is 24.3 Å². The minimum absolute atomic E-state index is 0.199. The number of carbonyl (C=O) groups excluding carboxylic acids is 2. The number of benzene rings is 1. The zero-order valence-corrected chi connectivity index (χ0v) is 10.2. The number of hydrogen-bond donors (Lipinski definition) is 3. The maximum absolute atomic E-state index is 11.4. The summed E-state index contributed by atoms with van der Waals surface area (Å²) in [5.41, 5.74) is 5.22. The number of para-hydroxylation sites is 1. The first kappa shape index (κ1) is 14.3. The van der Waals surface area contributed by atoms with Crippen LogP contribution in [0.2, 0.25) is 0 Å². The second-order valence-electron chi connectivity index (χ2n) is 3.54. The number of carbonyl (C=O) groups is 2. The maximum Gasteiger partial charge on any atom is 0.312 e. The van der Waals surface area contributed by atoms with Gasteiger partial charge in [-0.25, -0.2) is 4.79 Å². The Morgan fingerprint density at radius 3 is 2.63 bits per heavy atom. The molecular weight excluding hydrogens is 248 g/mol. The summed E-state index contributed by atoms with van der Waals surface area (Å²) >= 11 is 0. The molecule has 19 heavy (non-hydrogen) atoms. The summed E-state index contributed by atoms with van der Waals surface area (Å²) in [7, 11) is 0. The Balaban J connectivity index is 2.30. The van der Waals surface area contributed by atoms with Gasteiger partial charge in [0.05, 0.1) is 5.56 Å². The highest BCUT2D eigenvalue weighted by Crippen LogP contribution is 2.15. The molecule has 0 aliphatic carbocycles. The van der Waals surface area contributed by atoms with Gasteiger partial charge in [0.1, 0.15) is 11.8 Å². The fourth-order valence-electron chi connectivity index (χ4n) is 1.27. The summed E-state index contributed by atoms with van der Waals surface area (Å²) in [4.78, 5) is 21.8. The van der Waals surface area contributed by atoms with E-state index in [1.807, 2.05) is 6.07 Å². The molecule has 7 heteroatoms. The van der Waals surface area contributed by atoms with Crippen LogP contribution in [0.25, 0.3) is 0 Å². The van der Waals surface area contributed by atoms with Crippen LogP contribution in [-0.4, -0.2) is 31.6 Å². The summed E-state index contributed by atoms with van der Waals surface area (Å²) in [5.74, 6) is 0.00873. The van der Waals surface area contributed by atoms with Crippen molar-refractivity contribution in [1.82, 2.24) is 10.6 Å². The van der Waals surface area contributed by atoms with E-state index in [1.54, 1.807) is 24.3 Å². The number of hydrogen-bond acceptors (Lipinski definition) is 4. The quantitative estimate of drug-likeness (QED) is 0.611. The average molecular weight is 262 g/mol. The Morgan fingerprint density at radius 1 is 1.26 bits per heavy atom. The lowest BCUT2D eigenvalue weighted by Gasteiger charge is -2.08. The van der Waals surface area contributed by atoms with Crippen LogP contribution < -0.4 is 21.1 Å². The maximum atomic E-state index is 11.4. The zero-order chi connectivity index (χ0) is 14.1. The lowest BCUT2D eigenvalue weighted by Crippen LogP contribution is -2.38. The Hall–Kier alpha value is -2.75. The first-order chi connectivity index (χ1) is 9.13. The molecule has 7 nitrogen and oxygen atoms in total. The molecule has 0 spiro atoms. The van der Waals surface area contributed by atoms with Gasteiger partial charge in [0.2, 0.25) is 0 Å². The average Bonchev–Trinajstić information content (AvgIpc) is 2.41. The van der Waals surface area contributed by atoms with E-state index in [0.29, 0.717) is 11.3 Å². The highest BCUT2D eigenvalue weighted by molar-refractivity contribution is 5.77. The molecule has 100 valence electrons. The predicted octanol–water partition coefficient (Wildman–Crippen LogP) is -0.278. The summed E-state index contributed by atoms with van der Waals surface area (Å²) in [6.45, 7) is 0.302. The van der Waals surface area contributed by atoms with Gasteiger partial charge in [0.25, 0.3) is 5.91 Å². The number of rotatable bonds is 6. The summed E-state index contributed by atoms with van der Waals surface area (Å²) in [5, 5.41) is 13.7. The third-order valence-corrected chi connectivity index (χ3v) is 2.11. The predicted molar refractivity (Wildman–Crippen MR) is 67.2 cm³/mol. The normalized spacial score (nSPS) is 9.21. The fraction of sp³-hybridized carbons (Fsp3) is 0.250. The van der Waals surface area contributed by atoms with Gasteiger partial charge < -0.3 is 21.1 Å². The molecule has 1 rings (SSSR count). The Kier molecular flexibility index (Phi) is 5.69. The van der Waals surface area contributed by atoms with E-state index < -0.39 is 6.03 Å². The van der Waals surface area contributed by atoms with Crippen molar-refractivity contribution < 1.29 is 14.3 Å². The van der Waals surface area contributed by atoms with Gasteiger partial charge in [0.15, 0.2) is 6.61 Å². The van der Waals surface area contributed by atoms with E-state index in [2.05, 4.69) is 10.6 Å². The van der Waals surface area contributed by atoms with Crippen molar-refractivity contribution in [2.45, 2.75) is 0 Å². The van der Waals surface area contributed by atoms with Crippen molar-refractivity contribution >= 4 is 11.9 Å². The first-order valence-electron chi connectivity index (χ1n) is 5.55. The molecule has 1 aromatic rings. The molecular formula is C12H14N4O3. The monoisotopic (exact) mass is 262 g/mol. The number of ether oxygens (including phenoxy) is 1. The standard InChI is InChI=1S/C12H14N4O3/c13-7-9-3-1-2-4-10(9)19-8-11(17)15-5-6-16-12(14)18/h1-4H,5-6,8H2,(H,15,17)(H3,14,16,18). The number of nitriles is 1. The summed E-state index contributed by atoms with van der Waals surface area (Å²) < 4.78 is 5.22. The smallest absolute Gasteiger partial charge is 0.312 e. The van der Waals surface area contributed by atoms with Gasteiger partial charge in [0, 0.05) is 13.1 Å². The topological polar surface area (TPSA) is 117 Å². The highest BCUT2D eigenvalue weighted by atomic mass is 16.5. The molecule has 0 saturated heterocycles. The summed E-state index contributed by atoms with van der Waals surface area (Å²) in [6.07, 6.45) is 0. The second kappa shape index (κ2) is 7.55. The second-order valence-corrected chi connectivity index (χ2v) is 3.54. The largest absolute Gasteiger partial charge is 0.482 e. The Morgan fingerprint density at radius 2 is 1.95 bits per heavy atom. The number of urea groups is 1. The van der Waals surface area contributed by atoms with Gasteiger partial charge in [-0.2, -0.15) is 5.26 Å². The van der Waals surface area contributed by atoms with Crippen LogP contribution in [0.4, 0.5) is 4.79 Å². The third kappa shape index (κ3) is 5.41. The molecule has 0 bridgehead atoms. The molecule has 0 saturated carbocycles. The molecule has 4 N–H and O–H groups in total. The van der Waals surface area contributed by atoms with E-state index in [9.17, 15) is 9.59 Å². The molecule has 0 radical (unpaired) electrons. The van der Waals surface area contributed by atoms with Crippen LogP contribution >= 0.6 is 0 Å². The molecule has 0 aromatic heterocycles. The van der Waals surface area contributed by atoms with E-state index >= 15 is 0 Å². The van der Waals surface area contributed by atoms with Crippen LogP contribution in [0.5, 0.6) is 5.75 Å². The zero-order valence-electron chi connectivity index (χ0n) is 10.2. The molecule has 0 atom stereocenters. The molecule has 0 aliphatic rings. The minimum atomic E-state index is -0.645. The first-order valence-corrected chi connectivity index (χ1v) is 5.55. The van der Waals surface area contributed by atoms with E-state index in [4.69, 9.17) is 15.7 Å². The van der Waals surface area contributed by atoms with E-state index in [1.165, 1.54) is 0 Å². The number of amides is 3. The molecule has 0 aliphatic heterocycles. The van der Waals surface area contributed by atoms with Crippen LogP contribution in [0.1, 0.15) is 5.56 Å². The van der Waals surface area contributed by atoms with Gasteiger partial charge in [-0.3, -0.25) is 4.79 Å². The fourth-order valence-corrected chi connectivity index (χ4v) is 1.27. The lowest BCUT2D eigenvalue weighted by molar-refractivity contribution is -0.123. The van der Waals surface area contributed by atoms with Crippen molar-refractivity contribution in [1.29, 1.82) is 5.26 Å². The molecule has 1 aromatic carbocycles. The highest BCUT2D eigenvalue weighted by Gasteiger charge is 2.05. The van der Waals surface area contributed by atoms with Crippen LogP contribution in [-0.2, 0) is 4.79 Å². The lowest BCUT2D eigenvalue weighted by atomic mass is 10.2. The van der Waals surface area contributed by atoms with Gasteiger partial charge in [-0.05, 0) is 12.1 Å². The third-order valence-electron chi connectivity index (χ3n) is 2.11. The Labute approximate surface area is 110 Å². The van der Waals surface area contributed by atoms with Crippen LogP contribution in [0.3, 0.4) is 0 Å². The van der Waals surface area contributed by atoms with E-state index in [-0.39, 0.29) is 25.6 Å². The number of nitrogens with zero attached hydrogens (tertiary/aromatic N) is 1. The van der Waals surface area contributed by atoms with Gasteiger partial charge in [-0.1, -0.05) is 12.1 Å². The number of nitrogens with one attached hydrogen (secondary N) is 2. The van der Waals surface area contributed by atoms with Crippen molar-refractivity contribution in [3.05, 3.63) is 29.8 Å². The van der Waals surface area contributed by atoms with Crippen LogP contribution in [0, 0.1) is 11.3 Å². The molecule has 0 fully saturated rings. The van der Waals surface area contributed by atoms with Crippen molar-refractivity contribution in [3.63, 3.8) is 0 Å². The van der Waals surface area contributed by atoms with Crippen molar-refractivity contribution in [3.8, 4) is 11.8 Å². The molecule has 3 amide bonds.